The molecule has 2 aromatic carbocycles. The van der Waals surface area contributed by atoms with Gasteiger partial charge in [0, 0.05) is 0 Å². The molecule has 0 heterocycles. The Bertz CT molecular complexity index is 497. The number of hydrogen-bond donors (Lipinski definition) is 0. The lowest BCUT2D eigenvalue weighted by Crippen LogP contribution is -2.14. The highest BCUT2D eigenvalue weighted by molar-refractivity contribution is 5.25. The van der Waals surface area contributed by atoms with E-state index in [1.807, 2.05) is 0 Å². The molecule has 1 aliphatic carbocycles. The van der Waals surface area contributed by atoms with Gasteiger partial charge in [0.05, 0.1) is 0 Å². The van der Waals surface area contributed by atoms with E-state index in [1.165, 1.54) is 30.4 Å². The van der Waals surface area contributed by atoms with Crippen molar-refractivity contribution >= 4 is 0 Å². The van der Waals surface area contributed by atoms with Gasteiger partial charge in [-0.15, -0.1) is 0 Å². The molecule has 0 aliphatic heterocycles. The molecule has 0 heteroatoms. The summed E-state index contributed by atoms with van der Waals surface area (Å²) in [4.78, 5) is 0. The maximum Gasteiger partial charge on any atom is -0.0183 e. The van der Waals surface area contributed by atoms with Crippen LogP contribution >= 0.6 is 0 Å². The van der Waals surface area contributed by atoms with Gasteiger partial charge in [0.2, 0.25) is 0 Å². The summed E-state index contributed by atoms with van der Waals surface area (Å²) in [7, 11) is 0. The second-order valence-electron chi connectivity index (χ2n) is 6.74. The molecule has 0 nitrogen and oxygen atoms in total. The average molecular weight is 264 g/mol. The van der Waals surface area contributed by atoms with E-state index in [-0.39, 0.29) is 0 Å². The van der Waals surface area contributed by atoms with E-state index in [9.17, 15) is 0 Å². The molecule has 3 rings (SSSR count). The fraction of sp³-hybridized carbons (Fsp3) is 0.400. The van der Waals surface area contributed by atoms with Gasteiger partial charge in [0.25, 0.3) is 0 Å². The molecule has 0 N–H and O–H groups in total. The van der Waals surface area contributed by atoms with Crippen molar-refractivity contribution in [2.24, 2.45) is 17.3 Å². The van der Waals surface area contributed by atoms with E-state index in [4.69, 9.17) is 0 Å². The monoisotopic (exact) mass is 264 g/mol. The number of hydrogen-bond acceptors (Lipinski definition) is 0. The van der Waals surface area contributed by atoms with E-state index < -0.39 is 0 Å². The maximum atomic E-state index is 2.38. The molecular formula is C20H24. The van der Waals surface area contributed by atoms with Crippen LogP contribution in [-0.4, -0.2) is 0 Å². The minimum absolute atomic E-state index is 0.497. The molecule has 1 aliphatic rings. The second-order valence-corrected chi connectivity index (χ2v) is 6.74. The largest absolute Gasteiger partial charge is 0.0625 e. The van der Waals surface area contributed by atoms with E-state index >= 15 is 0 Å². The Labute approximate surface area is 122 Å². The van der Waals surface area contributed by atoms with E-state index in [0.717, 1.165) is 11.8 Å². The first-order valence-electron chi connectivity index (χ1n) is 7.77. The standard InChI is InChI=1S/C20H24/c1-16(2)19-15-20(19,13-17-9-5-3-6-10-17)14-18-11-7-4-8-12-18/h3-12,16,19H,13-15H2,1-2H3. The zero-order valence-electron chi connectivity index (χ0n) is 12.5. The summed E-state index contributed by atoms with van der Waals surface area (Å²) in [5, 5.41) is 0. The van der Waals surface area contributed by atoms with Crippen LogP contribution in [-0.2, 0) is 12.8 Å². The summed E-state index contributed by atoms with van der Waals surface area (Å²) < 4.78 is 0. The van der Waals surface area contributed by atoms with E-state index in [2.05, 4.69) is 74.5 Å². The van der Waals surface area contributed by atoms with Crippen molar-refractivity contribution in [3.05, 3.63) is 71.8 Å². The Morgan fingerprint density at radius 1 is 0.850 bits per heavy atom. The molecule has 1 unspecified atom stereocenters. The van der Waals surface area contributed by atoms with Crippen LogP contribution in [0.25, 0.3) is 0 Å². The Morgan fingerprint density at radius 2 is 1.30 bits per heavy atom. The van der Waals surface area contributed by atoms with E-state index in [0.29, 0.717) is 5.41 Å². The van der Waals surface area contributed by atoms with Crippen LogP contribution in [0.1, 0.15) is 31.4 Å². The van der Waals surface area contributed by atoms with Crippen molar-refractivity contribution in [2.45, 2.75) is 33.1 Å². The molecular weight excluding hydrogens is 240 g/mol. The average Bonchev–Trinajstić information content (AvgIpc) is 3.15. The van der Waals surface area contributed by atoms with Crippen LogP contribution < -0.4 is 0 Å². The third-order valence-electron chi connectivity index (χ3n) is 4.86. The Kier molecular flexibility index (Phi) is 3.65. The normalized spacial score (nSPS) is 20.1. The minimum atomic E-state index is 0.497. The van der Waals surface area contributed by atoms with Crippen molar-refractivity contribution in [1.29, 1.82) is 0 Å². The third-order valence-corrected chi connectivity index (χ3v) is 4.86. The topological polar surface area (TPSA) is 0 Å². The molecule has 2 aromatic rings. The lowest BCUT2D eigenvalue weighted by Gasteiger charge is -2.20. The number of rotatable bonds is 5. The summed E-state index contributed by atoms with van der Waals surface area (Å²) in [5.41, 5.74) is 3.48. The number of benzene rings is 2. The van der Waals surface area contributed by atoms with Crippen molar-refractivity contribution in [3.63, 3.8) is 0 Å². The molecule has 0 bridgehead atoms. The maximum absolute atomic E-state index is 2.38. The van der Waals surface area contributed by atoms with Crippen LogP contribution in [0.2, 0.25) is 0 Å². The second kappa shape index (κ2) is 5.44. The molecule has 104 valence electrons. The van der Waals surface area contributed by atoms with Crippen LogP contribution in [0, 0.1) is 17.3 Å². The summed E-state index contributed by atoms with van der Waals surface area (Å²) in [6.07, 6.45) is 3.84. The van der Waals surface area contributed by atoms with Crippen LogP contribution in [0.15, 0.2) is 60.7 Å². The smallest absolute Gasteiger partial charge is 0.0183 e. The van der Waals surface area contributed by atoms with E-state index in [1.54, 1.807) is 0 Å². The summed E-state index contributed by atoms with van der Waals surface area (Å²) in [6, 6.07) is 22.0. The predicted octanol–water partition coefficient (Wildman–Crippen LogP) is 5.13. The van der Waals surface area contributed by atoms with Crippen LogP contribution in [0.3, 0.4) is 0 Å². The molecule has 0 spiro atoms. The molecule has 0 saturated heterocycles. The van der Waals surface area contributed by atoms with Crippen molar-refractivity contribution in [3.8, 4) is 0 Å². The highest BCUT2D eigenvalue weighted by Crippen LogP contribution is 2.60. The first-order chi connectivity index (χ1) is 9.70. The van der Waals surface area contributed by atoms with Crippen LogP contribution in [0.5, 0.6) is 0 Å². The fourth-order valence-electron chi connectivity index (χ4n) is 3.80. The Balaban J connectivity index is 1.80. The minimum Gasteiger partial charge on any atom is -0.0625 e. The van der Waals surface area contributed by atoms with Gasteiger partial charge in [-0.1, -0.05) is 74.5 Å². The third kappa shape index (κ3) is 2.80. The lowest BCUT2D eigenvalue weighted by molar-refractivity contribution is 0.386. The van der Waals surface area contributed by atoms with Crippen LogP contribution in [0.4, 0.5) is 0 Å². The van der Waals surface area contributed by atoms with Gasteiger partial charge in [0.15, 0.2) is 0 Å². The molecule has 0 amide bonds. The fourth-order valence-corrected chi connectivity index (χ4v) is 3.80. The lowest BCUT2D eigenvalue weighted by atomic mass is 9.85. The molecule has 1 saturated carbocycles. The van der Waals surface area contributed by atoms with Gasteiger partial charge in [-0.2, -0.15) is 0 Å². The van der Waals surface area contributed by atoms with Gasteiger partial charge >= 0.3 is 0 Å². The van der Waals surface area contributed by atoms with Gasteiger partial charge in [-0.05, 0) is 47.6 Å². The van der Waals surface area contributed by atoms with Gasteiger partial charge in [-0.3, -0.25) is 0 Å². The molecule has 0 radical (unpaired) electrons. The first kappa shape index (κ1) is 13.4. The Morgan fingerprint density at radius 3 is 1.65 bits per heavy atom. The van der Waals surface area contributed by atoms with Gasteiger partial charge in [-0.25, -0.2) is 0 Å². The quantitative estimate of drug-likeness (QED) is 0.702. The first-order valence-corrected chi connectivity index (χ1v) is 7.77. The molecule has 1 fully saturated rings. The summed E-state index contributed by atoms with van der Waals surface area (Å²) >= 11 is 0. The van der Waals surface area contributed by atoms with Crippen molar-refractivity contribution in [2.75, 3.05) is 0 Å². The highest BCUT2D eigenvalue weighted by Gasteiger charge is 2.54. The molecule has 0 aromatic heterocycles. The Hall–Kier alpha value is -1.56. The molecule has 20 heavy (non-hydrogen) atoms. The zero-order chi connectivity index (χ0) is 14.0. The SMILES string of the molecule is CC(C)C1CC1(Cc1ccccc1)Cc1ccccc1. The van der Waals surface area contributed by atoms with Gasteiger partial charge in [0.1, 0.15) is 0 Å². The summed E-state index contributed by atoms with van der Waals surface area (Å²) in [6.45, 7) is 4.75. The highest BCUT2D eigenvalue weighted by atomic mass is 14.6. The predicted molar refractivity (Wildman–Crippen MR) is 85.7 cm³/mol. The van der Waals surface area contributed by atoms with Crippen molar-refractivity contribution < 1.29 is 0 Å². The molecule has 1 atom stereocenters. The summed E-state index contributed by atoms with van der Waals surface area (Å²) in [5.74, 6) is 1.67. The van der Waals surface area contributed by atoms with Gasteiger partial charge < -0.3 is 0 Å². The van der Waals surface area contributed by atoms with Crippen molar-refractivity contribution in [1.82, 2.24) is 0 Å². The zero-order valence-corrected chi connectivity index (χ0v) is 12.5.